The zero-order valence-electron chi connectivity index (χ0n) is 31.9. The fourth-order valence-electron chi connectivity index (χ4n) is 5.63. The summed E-state index contributed by atoms with van der Waals surface area (Å²) in [6.07, 6.45) is 41.4. The molecule has 1 aliphatic rings. The number of phosphoric acid groups is 1. The lowest BCUT2D eigenvalue weighted by atomic mass is 10.1. The Bertz CT molecular complexity index is 1030. The van der Waals surface area contributed by atoms with Gasteiger partial charge in [-0.15, -0.1) is 0 Å². The number of allylic oxidation sites excluding steroid dienone is 7. The molecular weight excluding hydrogens is 667 g/mol. The molecule has 0 saturated carbocycles. The van der Waals surface area contributed by atoms with Crippen molar-refractivity contribution < 1.29 is 42.7 Å². The van der Waals surface area contributed by atoms with E-state index in [-0.39, 0.29) is 19.4 Å². The molecule has 51 heavy (non-hydrogen) atoms. The summed E-state index contributed by atoms with van der Waals surface area (Å²) < 4.78 is 32.1. The Kier molecular flexibility index (Phi) is 30.0. The third kappa shape index (κ3) is 32.4. The van der Waals surface area contributed by atoms with Crippen molar-refractivity contribution in [3.05, 3.63) is 48.6 Å². The molecule has 0 bridgehead atoms. The molecule has 0 amide bonds. The summed E-state index contributed by atoms with van der Waals surface area (Å²) in [7, 11) is -4.77. The van der Waals surface area contributed by atoms with Gasteiger partial charge >= 0.3 is 19.8 Å². The van der Waals surface area contributed by atoms with Gasteiger partial charge in [0.2, 0.25) is 0 Å². The molecule has 3 atom stereocenters. The molecule has 0 aromatic carbocycles. The summed E-state index contributed by atoms with van der Waals surface area (Å²) in [5.74, 6) is -0.972. The normalized spacial score (nSPS) is 16.9. The first kappa shape index (κ1) is 47.0. The lowest BCUT2D eigenvalue weighted by Gasteiger charge is -2.18. The second-order valence-electron chi connectivity index (χ2n) is 13.6. The second kappa shape index (κ2) is 32.6. The summed E-state index contributed by atoms with van der Waals surface area (Å²) in [5, 5.41) is 0. The van der Waals surface area contributed by atoms with Crippen LogP contribution in [0.3, 0.4) is 0 Å². The van der Waals surface area contributed by atoms with Crippen LogP contribution < -0.4 is 0 Å². The summed E-state index contributed by atoms with van der Waals surface area (Å²) >= 11 is 0. The molecule has 2 N–H and O–H groups in total. The number of hydrogen-bond donors (Lipinski definition) is 2. The Balaban J connectivity index is 2.13. The first-order chi connectivity index (χ1) is 24.7. The minimum absolute atomic E-state index is 0.177. The Morgan fingerprint density at radius 2 is 1.16 bits per heavy atom. The van der Waals surface area contributed by atoms with Crippen LogP contribution in [0.25, 0.3) is 0 Å². The highest BCUT2D eigenvalue weighted by atomic mass is 31.2. The van der Waals surface area contributed by atoms with Crippen LogP contribution in [0, 0.1) is 0 Å². The molecule has 1 saturated heterocycles. The Hall–Kier alpha value is -2.03. The van der Waals surface area contributed by atoms with Crippen molar-refractivity contribution in [1.29, 1.82) is 0 Å². The van der Waals surface area contributed by atoms with Gasteiger partial charge in [0.05, 0.1) is 18.8 Å². The predicted octanol–water partition coefficient (Wildman–Crippen LogP) is 10.9. The van der Waals surface area contributed by atoms with Crippen molar-refractivity contribution in [3.63, 3.8) is 0 Å². The average Bonchev–Trinajstić information content (AvgIpc) is 3.85. The highest BCUT2D eigenvalue weighted by molar-refractivity contribution is 7.46. The van der Waals surface area contributed by atoms with E-state index < -0.39 is 32.5 Å². The molecule has 1 fully saturated rings. The highest BCUT2D eigenvalue weighted by Gasteiger charge is 2.36. The molecule has 294 valence electrons. The van der Waals surface area contributed by atoms with Crippen molar-refractivity contribution in [3.8, 4) is 0 Å². The van der Waals surface area contributed by atoms with E-state index in [1.165, 1.54) is 57.8 Å². The van der Waals surface area contributed by atoms with E-state index >= 15 is 0 Å². The fourth-order valence-corrected chi connectivity index (χ4v) is 5.99. The number of phosphoric ester groups is 1. The lowest BCUT2D eigenvalue weighted by Crippen LogP contribution is -2.29. The van der Waals surface area contributed by atoms with Crippen LogP contribution in [0.5, 0.6) is 0 Å². The summed E-state index contributed by atoms with van der Waals surface area (Å²) in [6, 6.07) is 0. The van der Waals surface area contributed by atoms with Gasteiger partial charge in [-0.2, -0.15) is 0 Å². The monoisotopic (exact) mass is 738 g/mol. The van der Waals surface area contributed by atoms with E-state index in [9.17, 15) is 14.2 Å². The highest BCUT2D eigenvalue weighted by Crippen LogP contribution is 2.36. The fraction of sp³-hybridized carbons (Fsp3) is 0.756. The van der Waals surface area contributed by atoms with Gasteiger partial charge in [-0.25, -0.2) is 4.57 Å². The molecule has 0 radical (unpaired) electrons. The van der Waals surface area contributed by atoms with Gasteiger partial charge in [0.15, 0.2) is 6.10 Å². The summed E-state index contributed by atoms with van der Waals surface area (Å²) in [5.41, 5.74) is 0. The van der Waals surface area contributed by atoms with E-state index in [0.29, 0.717) is 25.0 Å². The molecular formula is C41H71O9P. The van der Waals surface area contributed by atoms with Crippen LogP contribution in [-0.4, -0.2) is 53.3 Å². The zero-order valence-corrected chi connectivity index (χ0v) is 32.8. The number of carbonyl (C=O) groups excluding carboxylic acids is 2. The standard InChI is InChI=1S/C41H71O9P/c1-3-5-7-9-11-12-13-14-15-16-17-18-19-20-21-25-29-33-40(42)47-35-37(36-48-51(44,45)46)49-41(43)34-30-26-22-24-28-32-39-38(50-39)31-27-23-10-8-6-4-2/h14-15,17-18,20-21,23,27,37-39H,3-13,16,19,22,24-26,28-36H2,1-2H3,(H2,44,45,46)/b15-14-,18-17-,21-20-,27-23-/t37-,38?,39?/m1/s1. The maximum Gasteiger partial charge on any atom is 0.469 e. The quantitative estimate of drug-likeness (QED) is 0.0214. The molecule has 0 aromatic rings. The summed E-state index contributed by atoms with van der Waals surface area (Å²) in [6.45, 7) is 3.57. The molecule has 2 unspecified atom stereocenters. The smallest absolute Gasteiger partial charge is 0.462 e. The minimum atomic E-state index is -4.77. The number of epoxide rings is 1. The van der Waals surface area contributed by atoms with Gasteiger partial charge < -0.3 is 24.0 Å². The van der Waals surface area contributed by atoms with Gasteiger partial charge in [0.25, 0.3) is 0 Å². The first-order valence-corrected chi connectivity index (χ1v) is 21.6. The van der Waals surface area contributed by atoms with E-state index in [0.717, 1.165) is 70.6 Å². The van der Waals surface area contributed by atoms with Crippen LogP contribution >= 0.6 is 7.82 Å². The maximum atomic E-state index is 12.4. The molecule has 1 aliphatic heterocycles. The number of esters is 2. The number of ether oxygens (including phenoxy) is 3. The van der Waals surface area contributed by atoms with Crippen LogP contribution in [-0.2, 0) is 32.9 Å². The van der Waals surface area contributed by atoms with E-state index in [2.05, 4.69) is 60.9 Å². The lowest BCUT2D eigenvalue weighted by molar-refractivity contribution is -0.161. The van der Waals surface area contributed by atoms with Gasteiger partial charge in [-0.05, 0) is 70.6 Å². The average molecular weight is 739 g/mol. The van der Waals surface area contributed by atoms with Crippen molar-refractivity contribution in [1.82, 2.24) is 0 Å². The topological polar surface area (TPSA) is 132 Å². The van der Waals surface area contributed by atoms with Crippen molar-refractivity contribution in [2.24, 2.45) is 0 Å². The van der Waals surface area contributed by atoms with E-state index in [1.54, 1.807) is 0 Å². The van der Waals surface area contributed by atoms with Crippen LogP contribution in [0.4, 0.5) is 0 Å². The Morgan fingerprint density at radius 1 is 0.627 bits per heavy atom. The first-order valence-electron chi connectivity index (χ1n) is 20.1. The zero-order chi connectivity index (χ0) is 37.3. The number of carbonyl (C=O) groups is 2. The number of hydrogen-bond acceptors (Lipinski definition) is 7. The minimum Gasteiger partial charge on any atom is -0.462 e. The van der Waals surface area contributed by atoms with Gasteiger partial charge in [-0.3, -0.25) is 14.1 Å². The van der Waals surface area contributed by atoms with Crippen LogP contribution in [0.2, 0.25) is 0 Å². The van der Waals surface area contributed by atoms with Gasteiger partial charge in [-0.1, -0.05) is 133 Å². The Morgan fingerprint density at radius 3 is 1.84 bits per heavy atom. The van der Waals surface area contributed by atoms with E-state index in [1.807, 2.05) is 6.08 Å². The van der Waals surface area contributed by atoms with Crippen LogP contribution in [0.15, 0.2) is 48.6 Å². The molecule has 9 nitrogen and oxygen atoms in total. The van der Waals surface area contributed by atoms with Gasteiger partial charge in [0.1, 0.15) is 6.61 Å². The van der Waals surface area contributed by atoms with Gasteiger partial charge in [0, 0.05) is 12.8 Å². The molecule has 0 aliphatic carbocycles. The largest absolute Gasteiger partial charge is 0.469 e. The third-order valence-electron chi connectivity index (χ3n) is 8.74. The van der Waals surface area contributed by atoms with Crippen LogP contribution in [0.1, 0.15) is 168 Å². The van der Waals surface area contributed by atoms with E-state index in [4.69, 9.17) is 24.0 Å². The number of unbranched alkanes of at least 4 members (excludes halogenated alkanes) is 14. The molecule has 0 spiro atoms. The number of rotatable bonds is 35. The third-order valence-corrected chi connectivity index (χ3v) is 9.23. The van der Waals surface area contributed by atoms with Crippen molar-refractivity contribution in [2.45, 2.75) is 186 Å². The Labute approximate surface area is 309 Å². The van der Waals surface area contributed by atoms with Crippen molar-refractivity contribution in [2.75, 3.05) is 13.2 Å². The molecule has 0 aromatic heterocycles. The molecule has 1 rings (SSSR count). The second-order valence-corrected chi connectivity index (χ2v) is 14.9. The SMILES string of the molecule is CCCCC/C=C\CC1OC1CCCCCCCC(=O)O[C@H](COC(=O)CCC/C=C\C/C=C\C/C=C\CCCCCCCC)COP(=O)(O)O. The summed E-state index contributed by atoms with van der Waals surface area (Å²) in [4.78, 5) is 42.8. The molecule has 1 heterocycles. The predicted molar refractivity (Wildman–Crippen MR) is 206 cm³/mol. The van der Waals surface area contributed by atoms with Crippen molar-refractivity contribution >= 4 is 19.8 Å². The molecule has 10 heteroatoms. The maximum absolute atomic E-state index is 12.4.